The fraction of sp³-hybridized carbons (Fsp3) is 0.444. The largest absolute Gasteiger partial charge is 0.481 e. The summed E-state index contributed by atoms with van der Waals surface area (Å²) in [5.74, 6) is -3.06. The smallest absolute Gasteiger partial charge is 0.412 e. The van der Waals surface area contributed by atoms with E-state index in [4.69, 9.17) is 19.7 Å². The fourth-order valence-corrected chi connectivity index (χ4v) is 2.20. The van der Waals surface area contributed by atoms with Crippen molar-refractivity contribution in [3.8, 4) is 5.75 Å². The van der Waals surface area contributed by atoms with Gasteiger partial charge in [-0.25, -0.2) is 4.79 Å². The van der Waals surface area contributed by atoms with Gasteiger partial charge in [-0.05, 0) is 31.4 Å². The molecule has 1 rings (SSSR count). The first-order valence-corrected chi connectivity index (χ1v) is 8.49. The lowest BCUT2D eigenvalue weighted by molar-refractivity contribution is -0.146. The van der Waals surface area contributed by atoms with Crippen LogP contribution in [-0.2, 0) is 19.1 Å². The van der Waals surface area contributed by atoms with Crippen LogP contribution in [0.15, 0.2) is 30.3 Å². The van der Waals surface area contributed by atoms with Gasteiger partial charge in [0.2, 0.25) is 0 Å². The van der Waals surface area contributed by atoms with Gasteiger partial charge in [0.05, 0.1) is 12.5 Å². The van der Waals surface area contributed by atoms with Gasteiger partial charge in [-0.1, -0.05) is 18.2 Å². The minimum absolute atomic E-state index is 0.0192. The Balaban J connectivity index is 2.13. The number of nitrogens with one attached hydrogen (secondary N) is 1. The minimum Gasteiger partial charge on any atom is -0.481 e. The molecular weight excluding hydrogens is 358 g/mol. The topological polar surface area (TPSA) is 139 Å². The van der Waals surface area contributed by atoms with Crippen LogP contribution in [0.4, 0.5) is 4.79 Å². The first-order chi connectivity index (χ1) is 12.9. The number of benzene rings is 1. The molecule has 148 valence electrons. The zero-order valence-corrected chi connectivity index (χ0v) is 14.8. The third-order valence-electron chi connectivity index (χ3n) is 3.58. The van der Waals surface area contributed by atoms with Gasteiger partial charge in [0.1, 0.15) is 12.4 Å². The third-order valence-corrected chi connectivity index (χ3v) is 3.58. The summed E-state index contributed by atoms with van der Waals surface area (Å²) >= 11 is 0. The second kappa shape index (κ2) is 12.3. The van der Waals surface area contributed by atoms with Gasteiger partial charge in [0.15, 0.2) is 0 Å². The highest BCUT2D eigenvalue weighted by Crippen LogP contribution is 2.15. The maximum Gasteiger partial charge on any atom is 0.412 e. The van der Waals surface area contributed by atoms with Crippen molar-refractivity contribution in [2.75, 3.05) is 13.2 Å². The van der Waals surface area contributed by atoms with Gasteiger partial charge in [0.25, 0.3) is 0 Å². The van der Waals surface area contributed by atoms with Crippen molar-refractivity contribution in [3.63, 3.8) is 0 Å². The Morgan fingerprint density at radius 3 is 2.33 bits per heavy atom. The molecule has 0 aromatic heterocycles. The first-order valence-electron chi connectivity index (χ1n) is 8.49. The molecule has 0 bridgehead atoms. The Morgan fingerprint density at radius 1 is 1.00 bits per heavy atom. The Labute approximate surface area is 156 Å². The lowest BCUT2D eigenvalue weighted by Gasteiger charge is -2.11. The molecule has 1 atom stereocenters. The quantitative estimate of drug-likeness (QED) is 0.369. The number of esters is 1. The molecule has 1 aromatic carbocycles. The van der Waals surface area contributed by atoms with Crippen molar-refractivity contribution >= 4 is 24.0 Å². The number of carbonyl (C=O) groups excluding carboxylic acids is 2. The number of ether oxygens (including phenoxy) is 2. The molecule has 0 radical (unpaired) electrons. The second-order valence-electron chi connectivity index (χ2n) is 5.71. The Kier molecular flexibility index (Phi) is 9.98. The number of hydrogen-bond acceptors (Lipinski definition) is 6. The van der Waals surface area contributed by atoms with E-state index in [0.717, 1.165) is 0 Å². The van der Waals surface area contributed by atoms with E-state index in [0.29, 0.717) is 5.75 Å². The van der Waals surface area contributed by atoms with E-state index in [1.54, 1.807) is 30.3 Å². The SMILES string of the molecule is O=C(O)CCC(CCCC(=O)OCCNC(=O)Oc1ccccc1)C(=O)O. The maximum atomic E-state index is 11.6. The van der Waals surface area contributed by atoms with Gasteiger partial charge >= 0.3 is 24.0 Å². The van der Waals surface area contributed by atoms with Gasteiger partial charge in [-0.15, -0.1) is 0 Å². The van der Waals surface area contributed by atoms with E-state index in [2.05, 4.69) is 5.32 Å². The molecule has 27 heavy (non-hydrogen) atoms. The van der Waals surface area contributed by atoms with Gasteiger partial charge in [-0.2, -0.15) is 0 Å². The minimum atomic E-state index is -1.08. The van der Waals surface area contributed by atoms with Crippen LogP contribution in [0.3, 0.4) is 0 Å². The zero-order chi connectivity index (χ0) is 20.1. The summed E-state index contributed by atoms with van der Waals surface area (Å²) in [5, 5.41) is 20.0. The van der Waals surface area contributed by atoms with Crippen LogP contribution in [0, 0.1) is 5.92 Å². The Hall–Kier alpha value is -3.10. The summed E-state index contributed by atoms with van der Waals surface area (Å²) in [6.07, 6.45) is -0.386. The van der Waals surface area contributed by atoms with E-state index in [-0.39, 0.29) is 45.3 Å². The molecular formula is C18H23NO8. The van der Waals surface area contributed by atoms with Crippen LogP contribution in [0.1, 0.15) is 32.1 Å². The van der Waals surface area contributed by atoms with Crippen molar-refractivity contribution in [1.82, 2.24) is 5.32 Å². The normalized spacial score (nSPS) is 11.3. The summed E-state index contributed by atoms with van der Waals surface area (Å²) in [6.45, 7) is 0.0395. The average molecular weight is 381 g/mol. The number of carboxylic acids is 2. The Morgan fingerprint density at radius 2 is 1.70 bits per heavy atom. The highest BCUT2D eigenvalue weighted by Gasteiger charge is 2.19. The maximum absolute atomic E-state index is 11.6. The summed E-state index contributed by atoms with van der Waals surface area (Å²) in [4.78, 5) is 44.6. The first kappa shape index (κ1) is 21.9. The number of amides is 1. The number of para-hydroxylation sites is 1. The fourth-order valence-electron chi connectivity index (χ4n) is 2.20. The summed E-state index contributed by atoms with van der Waals surface area (Å²) in [7, 11) is 0. The average Bonchev–Trinajstić information content (AvgIpc) is 2.62. The van der Waals surface area contributed by atoms with E-state index in [1.165, 1.54) is 0 Å². The van der Waals surface area contributed by atoms with E-state index < -0.39 is 29.9 Å². The second-order valence-corrected chi connectivity index (χ2v) is 5.71. The molecule has 1 unspecified atom stereocenters. The molecule has 9 heteroatoms. The van der Waals surface area contributed by atoms with Crippen molar-refractivity contribution in [1.29, 1.82) is 0 Å². The molecule has 1 aromatic rings. The molecule has 0 aliphatic carbocycles. The molecule has 3 N–H and O–H groups in total. The van der Waals surface area contributed by atoms with Crippen molar-refractivity contribution in [2.24, 2.45) is 5.92 Å². The van der Waals surface area contributed by atoms with Crippen LogP contribution in [-0.4, -0.2) is 47.4 Å². The molecule has 1 amide bonds. The van der Waals surface area contributed by atoms with E-state index >= 15 is 0 Å². The van der Waals surface area contributed by atoms with Gasteiger partial charge in [0, 0.05) is 12.8 Å². The molecule has 0 saturated heterocycles. The van der Waals surface area contributed by atoms with Crippen LogP contribution in [0.2, 0.25) is 0 Å². The van der Waals surface area contributed by atoms with Crippen LogP contribution >= 0.6 is 0 Å². The number of aliphatic carboxylic acids is 2. The predicted octanol–water partition coefficient (Wildman–Crippen LogP) is 2.05. The standard InChI is InChI=1S/C18H23NO8/c20-15(21)10-9-13(17(23)24)5-4-8-16(22)26-12-11-19-18(25)27-14-6-2-1-3-7-14/h1-3,6-7,13H,4-5,8-12H2,(H,19,25)(H,20,21)(H,23,24). The number of carbonyl (C=O) groups is 4. The van der Waals surface area contributed by atoms with Crippen LogP contribution in [0.5, 0.6) is 5.75 Å². The molecule has 0 aliphatic heterocycles. The predicted molar refractivity (Wildman–Crippen MR) is 93.3 cm³/mol. The highest BCUT2D eigenvalue weighted by atomic mass is 16.6. The Bertz CT molecular complexity index is 632. The molecule has 0 fully saturated rings. The summed E-state index contributed by atoms with van der Waals surface area (Å²) in [6, 6.07) is 8.48. The monoisotopic (exact) mass is 381 g/mol. The summed E-state index contributed by atoms with van der Waals surface area (Å²) < 4.78 is 9.92. The van der Waals surface area contributed by atoms with Crippen molar-refractivity contribution < 1.29 is 38.9 Å². The lowest BCUT2D eigenvalue weighted by Crippen LogP contribution is -2.30. The highest BCUT2D eigenvalue weighted by molar-refractivity contribution is 5.73. The molecule has 0 spiro atoms. The number of hydrogen-bond donors (Lipinski definition) is 3. The van der Waals surface area contributed by atoms with E-state index in [9.17, 15) is 19.2 Å². The van der Waals surface area contributed by atoms with Crippen LogP contribution in [0.25, 0.3) is 0 Å². The summed E-state index contributed by atoms with van der Waals surface area (Å²) in [5.41, 5.74) is 0. The zero-order valence-electron chi connectivity index (χ0n) is 14.8. The van der Waals surface area contributed by atoms with Gasteiger partial charge < -0.3 is 25.0 Å². The van der Waals surface area contributed by atoms with Crippen LogP contribution < -0.4 is 10.1 Å². The van der Waals surface area contributed by atoms with Crippen molar-refractivity contribution in [2.45, 2.75) is 32.1 Å². The van der Waals surface area contributed by atoms with E-state index in [1.807, 2.05) is 0 Å². The number of carboxylic acid groups (broad SMARTS) is 2. The lowest BCUT2D eigenvalue weighted by atomic mass is 9.97. The third kappa shape index (κ3) is 10.5. The molecule has 0 aliphatic rings. The van der Waals surface area contributed by atoms with Crippen molar-refractivity contribution in [3.05, 3.63) is 30.3 Å². The molecule has 9 nitrogen and oxygen atoms in total. The molecule has 0 saturated carbocycles. The molecule has 0 heterocycles. The number of rotatable bonds is 12. The van der Waals surface area contributed by atoms with Gasteiger partial charge in [-0.3, -0.25) is 14.4 Å².